The Labute approximate surface area is 192 Å². The minimum absolute atomic E-state index is 0.207. The molecule has 166 valence electrons. The Hall–Kier alpha value is -3.85. The van der Waals surface area contributed by atoms with Gasteiger partial charge in [-0.05, 0) is 56.2 Å². The second-order valence-corrected chi connectivity index (χ2v) is 8.69. The van der Waals surface area contributed by atoms with Crippen LogP contribution in [0.1, 0.15) is 50.6 Å². The largest absolute Gasteiger partial charge is 0.455 e. The number of anilines is 1. The monoisotopic (exact) mass is 462 g/mol. The van der Waals surface area contributed by atoms with Gasteiger partial charge in [-0.1, -0.05) is 23.5 Å². The van der Waals surface area contributed by atoms with Crippen LogP contribution in [0.15, 0.2) is 58.0 Å². The summed E-state index contributed by atoms with van der Waals surface area (Å²) in [7, 11) is 0. The second-order valence-electron chi connectivity index (χ2n) is 7.66. The molecule has 7 nitrogen and oxygen atoms in total. The fraction of sp³-hybridized carbons (Fsp3) is 0.167. The summed E-state index contributed by atoms with van der Waals surface area (Å²) in [5, 5.41) is 7.61. The molecule has 0 spiro atoms. The number of carbonyl (C=O) groups is 2. The quantitative estimate of drug-likeness (QED) is 0.414. The molecular formula is C24H19FN4O3S. The van der Waals surface area contributed by atoms with Crippen molar-refractivity contribution in [3.8, 4) is 0 Å². The Kier molecular flexibility index (Phi) is 5.47. The van der Waals surface area contributed by atoms with Gasteiger partial charge in [-0.2, -0.15) is 5.10 Å². The van der Waals surface area contributed by atoms with Crippen molar-refractivity contribution in [3.05, 3.63) is 82.6 Å². The highest BCUT2D eigenvalue weighted by molar-refractivity contribution is 7.22. The molecule has 0 aliphatic heterocycles. The molecule has 0 radical (unpaired) electrons. The number of fused-ring (bicyclic) bond motifs is 2. The van der Waals surface area contributed by atoms with E-state index in [4.69, 9.17) is 4.42 Å². The second kappa shape index (κ2) is 8.59. The first kappa shape index (κ1) is 21.0. The van der Waals surface area contributed by atoms with Crippen LogP contribution < -0.4 is 10.7 Å². The number of nitrogens with one attached hydrogen (secondary N) is 2. The molecule has 0 saturated heterocycles. The molecule has 2 amide bonds. The molecular weight excluding hydrogens is 443 g/mol. The average Bonchev–Trinajstić information content (AvgIpc) is 3.38. The standard InChI is InChI=1S/C24H19FN4O3S/c1-13-20-17(28-29-22(30)14-9-11-15(25)12-10-14)6-4-7-18(20)32-21(13)23(31)27-24-26-16-5-2-3-8-19(16)33-24/h2-3,5,8-12H,4,6-7H2,1H3,(H,29,30)(H,26,27,31)/b28-17+. The Balaban J connectivity index is 1.37. The number of hydrazone groups is 1. The topological polar surface area (TPSA) is 96.6 Å². The highest BCUT2D eigenvalue weighted by Gasteiger charge is 2.28. The van der Waals surface area contributed by atoms with Crippen LogP contribution in [0.2, 0.25) is 0 Å². The Morgan fingerprint density at radius 2 is 1.88 bits per heavy atom. The van der Waals surface area contributed by atoms with Gasteiger partial charge in [0.15, 0.2) is 10.9 Å². The third kappa shape index (κ3) is 4.14. The lowest BCUT2D eigenvalue weighted by Crippen LogP contribution is -2.22. The van der Waals surface area contributed by atoms with Gasteiger partial charge in [0.05, 0.1) is 15.9 Å². The van der Waals surface area contributed by atoms with Crippen LogP contribution in [0, 0.1) is 12.7 Å². The number of furan rings is 1. The number of rotatable bonds is 4. The van der Waals surface area contributed by atoms with Gasteiger partial charge in [0.2, 0.25) is 0 Å². The van der Waals surface area contributed by atoms with E-state index in [1.165, 1.54) is 35.6 Å². The van der Waals surface area contributed by atoms with E-state index < -0.39 is 11.7 Å². The van der Waals surface area contributed by atoms with Crippen LogP contribution in [0.5, 0.6) is 0 Å². The summed E-state index contributed by atoms with van der Waals surface area (Å²) in [5.74, 6) is -0.359. The predicted molar refractivity (Wildman–Crippen MR) is 124 cm³/mol. The molecule has 9 heteroatoms. The molecule has 0 bridgehead atoms. The van der Waals surface area contributed by atoms with Crippen molar-refractivity contribution in [2.24, 2.45) is 5.10 Å². The van der Waals surface area contributed by atoms with E-state index in [-0.39, 0.29) is 11.7 Å². The zero-order valence-electron chi connectivity index (χ0n) is 17.6. The van der Waals surface area contributed by atoms with Crippen molar-refractivity contribution in [3.63, 3.8) is 0 Å². The summed E-state index contributed by atoms with van der Waals surface area (Å²) >= 11 is 1.39. The SMILES string of the molecule is Cc1c(C(=O)Nc2nc3ccccc3s2)oc2c1/C(=N/NC(=O)c1ccc(F)cc1)CCC2. The zero-order valence-corrected chi connectivity index (χ0v) is 18.5. The zero-order chi connectivity index (χ0) is 22.9. The van der Waals surface area contributed by atoms with Crippen molar-refractivity contribution in [2.75, 3.05) is 5.32 Å². The van der Waals surface area contributed by atoms with E-state index in [1.807, 2.05) is 24.3 Å². The van der Waals surface area contributed by atoms with Crippen LogP contribution in [-0.2, 0) is 6.42 Å². The number of carbonyl (C=O) groups excluding carboxylic acids is 2. The van der Waals surface area contributed by atoms with Gasteiger partial charge < -0.3 is 4.42 Å². The molecule has 0 atom stereocenters. The van der Waals surface area contributed by atoms with Crippen LogP contribution in [0.4, 0.5) is 9.52 Å². The molecule has 2 N–H and O–H groups in total. The molecule has 2 aromatic heterocycles. The Bertz CT molecular complexity index is 1370. The number of nitrogens with zero attached hydrogens (tertiary/aromatic N) is 2. The van der Waals surface area contributed by atoms with E-state index in [0.29, 0.717) is 40.6 Å². The number of para-hydroxylation sites is 1. The van der Waals surface area contributed by atoms with Crippen molar-refractivity contribution in [1.29, 1.82) is 0 Å². The smallest absolute Gasteiger partial charge is 0.293 e. The van der Waals surface area contributed by atoms with Gasteiger partial charge in [0.25, 0.3) is 11.8 Å². The first-order valence-electron chi connectivity index (χ1n) is 10.4. The summed E-state index contributed by atoms with van der Waals surface area (Å²) in [6.07, 6.45) is 2.09. The van der Waals surface area contributed by atoms with Gasteiger partial charge in [0, 0.05) is 23.1 Å². The Morgan fingerprint density at radius 3 is 2.67 bits per heavy atom. The van der Waals surface area contributed by atoms with Crippen molar-refractivity contribution in [1.82, 2.24) is 10.4 Å². The van der Waals surface area contributed by atoms with E-state index in [0.717, 1.165) is 22.2 Å². The van der Waals surface area contributed by atoms with Gasteiger partial charge in [-0.15, -0.1) is 0 Å². The van der Waals surface area contributed by atoms with Gasteiger partial charge in [-0.3, -0.25) is 14.9 Å². The molecule has 0 unspecified atom stereocenters. The highest BCUT2D eigenvalue weighted by Crippen LogP contribution is 2.31. The fourth-order valence-electron chi connectivity index (χ4n) is 3.86. The van der Waals surface area contributed by atoms with E-state index in [1.54, 1.807) is 6.92 Å². The summed E-state index contributed by atoms with van der Waals surface area (Å²) in [6, 6.07) is 12.9. The lowest BCUT2D eigenvalue weighted by Gasteiger charge is -2.13. The maximum absolute atomic E-state index is 13.1. The van der Waals surface area contributed by atoms with Gasteiger partial charge in [0.1, 0.15) is 11.6 Å². The van der Waals surface area contributed by atoms with E-state index in [2.05, 4.69) is 20.8 Å². The van der Waals surface area contributed by atoms with E-state index in [9.17, 15) is 14.0 Å². The summed E-state index contributed by atoms with van der Waals surface area (Å²) in [5.41, 5.74) is 5.70. The van der Waals surface area contributed by atoms with Crippen LogP contribution >= 0.6 is 11.3 Å². The summed E-state index contributed by atoms with van der Waals surface area (Å²) < 4.78 is 20.0. The fourth-order valence-corrected chi connectivity index (χ4v) is 4.72. The number of aryl methyl sites for hydroxylation is 1. The molecule has 4 aromatic rings. The number of halogens is 1. The van der Waals surface area contributed by atoms with Crippen LogP contribution in [-0.4, -0.2) is 22.5 Å². The minimum atomic E-state index is -0.440. The molecule has 1 aliphatic rings. The summed E-state index contributed by atoms with van der Waals surface area (Å²) in [4.78, 5) is 29.7. The van der Waals surface area contributed by atoms with Crippen LogP contribution in [0.3, 0.4) is 0 Å². The first-order chi connectivity index (χ1) is 16.0. The average molecular weight is 463 g/mol. The van der Waals surface area contributed by atoms with Gasteiger partial charge >= 0.3 is 0 Å². The molecule has 0 saturated carbocycles. The number of amides is 2. The molecule has 0 fully saturated rings. The number of aromatic nitrogens is 1. The molecule has 2 heterocycles. The first-order valence-corrected chi connectivity index (χ1v) is 11.2. The molecule has 2 aromatic carbocycles. The molecule has 33 heavy (non-hydrogen) atoms. The van der Waals surface area contributed by atoms with Crippen molar-refractivity contribution in [2.45, 2.75) is 26.2 Å². The summed E-state index contributed by atoms with van der Waals surface area (Å²) in [6.45, 7) is 1.80. The lowest BCUT2D eigenvalue weighted by atomic mass is 9.93. The minimum Gasteiger partial charge on any atom is -0.455 e. The van der Waals surface area contributed by atoms with Crippen molar-refractivity contribution < 1.29 is 18.4 Å². The number of hydrogen-bond donors (Lipinski definition) is 2. The van der Waals surface area contributed by atoms with E-state index >= 15 is 0 Å². The normalized spacial score (nSPS) is 14.3. The third-order valence-electron chi connectivity index (χ3n) is 5.45. The maximum Gasteiger partial charge on any atom is 0.293 e. The number of thiazole rings is 1. The maximum atomic E-state index is 13.1. The predicted octanol–water partition coefficient (Wildman–Crippen LogP) is 5.06. The Morgan fingerprint density at radius 1 is 1.09 bits per heavy atom. The third-order valence-corrected chi connectivity index (χ3v) is 6.40. The van der Waals surface area contributed by atoms with Crippen molar-refractivity contribution >= 4 is 44.2 Å². The van der Waals surface area contributed by atoms with Gasteiger partial charge in [-0.25, -0.2) is 14.8 Å². The number of benzene rings is 2. The van der Waals surface area contributed by atoms with Crippen LogP contribution in [0.25, 0.3) is 10.2 Å². The molecule has 5 rings (SSSR count). The molecule has 1 aliphatic carbocycles. The number of hydrogen-bond acceptors (Lipinski definition) is 6. The highest BCUT2D eigenvalue weighted by atomic mass is 32.1. The lowest BCUT2D eigenvalue weighted by molar-refractivity contribution is 0.0953.